The molecule has 0 aromatic carbocycles. The van der Waals surface area contributed by atoms with Crippen molar-refractivity contribution in [1.82, 2.24) is 5.32 Å². The maximum atomic E-state index is 12.5. The molecular weight excluding hydrogens is 995 g/mol. The van der Waals surface area contributed by atoms with Crippen LogP contribution in [0.2, 0.25) is 0 Å². The molecule has 6 heteroatoms. The van der Waals surface area contributed by atoms with Gasteiger partial charge in [0.05, 0.1) is 25.4 Å². The monoisotopic (exact) mass is 1140 g/mol. The standard InChI is InChI=1S/C75H145NO5/c1-3-5-7-9-11-13-15-16-17-18-19-20-32-35-38-41-44-48-51-55-59-63-67-73(78)72(71-77)76-74(79)68-64-60-56-52-49-45-42-39-36-33-30-28-26-24-22-21-23-25-27-29-31-34-37-40-43-46-50-54-58-62-66-70-81-75(80)69-65-61-57-53-47-14-12-10-8-6-4-2/h23,25,63,67,72-73,77-78H,3-22,24,26-62,64-66,68-71H2,1-2H3,(H,76,79)/b25-23-,67-63+. The van der Waals surface area contributed by atoms with Crippen molar-refractivity contribution in [3.8, 4) is 0 Å². The van der Waals surface area contributed by atoms with Crippen LogP contribution in [0.1, 0.15) is 418 Å². The first-order valence-corrected chi connectivity index (χ1v) is 37.1. The van der Waals surface area contributed by atoms with Crippen molar-refractivity contribution in [2.75, 3.05) is 13.2 Å². The van der Waals surface area contributed by atoms with Gasteiger partial charge in [-0.3, -0.25) is 9.59 Å². The van der Waals surface area contributed by atoms with Crippen LogP contribution in [0.3, 0.4) is 0 Å². The SMILES string of the molecule is CCCCCCCCCCCCCCCCCCCCCC/C=C/C(O)C(CO)NC(=O)CCCCCCCCCCCCCCCCC/C=C\CCCCCCCCCCCCCCOC(=O)CCCCCCCCCCCCC. The second-order valence-corrected chi connectivity index (χ2v) is 25.6. The molecule has 0 aliphatic heterocycles. The Morgan fingerprint density at radius 3 is 0.877 bits per heavy atom. The predicted molar refractivity (Wildman–Crippen MR) is 356 cm³/mol. The topological polar surface area (TPSA) is 95.9 Å². The smallest absolute Gasteiger partial charge is 0.305 e. The van der Waals surface area contributed by atoms with Gasteiger partial charge in [-0.1, -0.05) is 372 Å². The van der Waals surface area contributed by atoms with Crippen molar-refractivity contribution in [2.45, 2.75) is 431 Å². The third-order valence-corrected chi connectivity index (χ3v) is 17.5. The van der Waals surface area contributed by atoms with E-state index in [0.29, 0.717) is 19.4 Å². The zero-order valence-corrected chi connectivity index (χ0v) is 55.0. The molecule has 0 saturated heterocycles. The summed E-state index contributed by atoms with van der Waals surface area (Å²) in [6.45, 7) is 4.94. The molecule has 0 fully saturated rings. The Labute approximate surface area is 507 Å². The number of ether oxygens (including phenoxy) is 1. The first-order chi connectivity index (χ1) is 40.0. The minimum atomic E-state index is -0.844. The summed E-state index contributed by atoms with van der Waals surface area (Å²) in [5.74, 6) is -0.0434. The molecule has 2 atom stereocenters. The predicted octanol–water partition coefficient (Wildman–Crippen LogP) is 24.1. The molecule has 480 valence electrons. The summed E-state index contributed by atoms with van der Waals surface area (Å²) in [7, 11) is 0. The number of aliphatic hydroxyl groups is 2. The van der Waals surface area contributed by atoms with Crippen molar-refractivity contribution >= 4 is 11.9 Å². The first kappa shape index (κ1) is 79.3. The quantitative estimate of drug-likeness (QED) is 0.0320. The number of hydrogen-bond acceptors (Lipinski definition) is 5. The maximum absolute atomic E-state index is 12.5. The summed E-state index contributed by atoms with van der Waals surface area (Å²) >= 11 is 0. The molecule has 81 heavy (non-hydrogen) atoms. The first-order valence-electron chi connectivity index (χ1n) is 37.1. The summed E-state index contributed by atoms with van der Waals surface area (Å²) in [5, 5.41) is 23.3. The lowest BCUT2D eigenvalue weighted by molar-refractivity contribution is -0.143. The van der Waals surface area contributed by atoms with Crippen LogP contribution in [0, 0.1) is 0 Å². The van der Waals surface area contributed by atoms with Gasteiger partial charge in [-0.25, -0.2) is 0 Å². The zero-order chi connectivity index (χ0) is 58.5. The number of aliphatic hydroxyl groups excluding tert-OH is 2. The zero-order valence-electron chi connectivity index (χ0n) is 55.0. The van der Waals surface area contributed by atoms with Gasteiger partial charge in [-0.2, -0.15) is 0 Å². The van der Waals surface area contributed by atoms with Crippen LogP contribution in [0.15, 0.2) is 24.3 Å². The highest BCUT2D eigenvalue weighted by molar-refractivity contribution is 5.76. The average molecular weight is 1140 g/mol. The van der Waals surface area contributed by atoms with Crippen molar-refractivity contribution < 1.29 is 24.5 Å². The van der Waals surface area contributed by atoms with Gasteiger partial charge in [-0.05, 0) is 57.8 Å². The van der Waals surface area contributed by atoms with Gasteiger partial charge in [0.1, 0.15) is 0 Å². The minimum Gasteiger partial charge on any atom is -0.466 e. The lowest BCUT2D eigenvalue weighted by Crippen LogP contribution is -2.45. The van der Waals surface area contributed by atoms with Crippen molar-refractivity contribution in [1.29, 1.82) is 0 Å². The van der Waals surface area contributed by atoms with Gasteiger partial charge >= 0.3 is 5.97 Å². The molecule has 0 bridgehead atoms. The number of unbranched alkanes of at least 4 members (excludes halogenated alkanes) is 57. The number of rotatable bonds is 70. The molecule has 0 heterocycles. The van der Waals surface area contributed by atoms with Gasteiger partial charge < -0.3 is 20.3 Å². The molecule has 6 nitrogen and oxygen atoms in total. The number of allylic oxidation sites excluding steroid dienone is 3. The molecular formula is C75H145NO5. The van der Waals surface area contributed by atoms with E-state index in [1.807, 2.05) is 6.08 Å². The Morgan fingerprint density at radius 1 is 0.333 bits per heavy atom. The van der Waals surface area contributed by atoms with Crippen LogP contribution < -0.4 is 5.32 Å². The Hall–Kier alpha value is -1.66. The Balaban J connectivity index is 3.39. The van der Waals surface area contributed by atoms with Crippen LogP contribution in [0.4, 0.5) is 0 Å². The molecule has 2 unspecified atom stereocenters. The number of amides is 1. The third kappa shape index (κ3) is 67.3. The fourth-order valence-corrected chi connectivity index (χ4v) is 11.8. The number of hydrogen-bond donors (Lipinski definition) is 3. The molecule has 3 N–H and O–H groups in total. The lowest BCUT2D eigenvalue weighted by atomic mass is 10.0. The normalized spacial score (nSPS) is 12.6. The number of carbonyl (C=O) groups excluding carboxylic acids is 2. The summed E-state index contributed by atoms with van der Waals surface area (Å²) in [5.41, 5.74) is 0. The number of carbonyl (C=O) groups is 2. The van der Waals surface area contributed by atoms with E-state index in [-0.39, 0.29) is 18.5 Å². The largest absolute Gasteiger partial charge is 0.466 e. The molecule has 0 aliphatic rings. The van der Waals surface area contributed by atoms with Gasteiger partial charge in [0, 0.05) is 12.8 Å². The van der Waals surface area contributed by atoms with Crippen LogP contribution in [0.5, 0.6) is 0 Å². The molecule has 0 radical (unpaired) electrons. The fraction of sp³-hybridized carbons (Fsp3) is 0.920. The van der Waals surface area contributed by atoms with E-state index in [1.165, 1.54) is 353 Å². The Morgan fingerprint density at radius 2 is 0.580 bits per heavy atom. The second-order valence-electron chi connectivity index (χ2n) is 25.6. The number of nitrogens with one attached hydrogen (secondary N) is 1. The van der Waals surface area contributed by atoms with Crippen molar-refractivity contribution in [2.24, 2.45) is 0 Å². The molecule has 0 rings (SSSR count). The van der Waals surface area contributed by atoms with E-state index in [0.717, 1.165) is 38.5 Å². The van der Waals surface area contributed by atoms with Crippen molar-refractivity contribution in [3.05, 3.63) is 24.3 Å². The van der Waals surface area contributed by atoms with Crippen molar-refractivity contribution in [3.63, 3.8) is 0 Å². The van der Waals surface area contributed by atoms with Crippen LogP contribution >= 0.6 is 0 Å². The summed E-state index contributed by atoms with van der Waals surface area (Å²) < 4.78 is 5.48. The molecule has 0 saturated carbocycles. The Bertz CT molecular complexity index is 1270. The maximum Gasteiger partial charge on any atom is 0.305 e. The van der Waals surface area contributed by atoms with Gasteiger partial charge in [-0.15, -0.1) is 0 Å². The highest BCUT2D eigenvalue weighted by Gasteiger charge is 2.18. The van der Waals surface area contributed by atoms with E-state index in [2.05, 4.69) is 31.3 Å². The summed E-state index contributed by atoms with van der Waals surface area (Å²) in [6.07, 6.45) is 89.9. The van der Waals surface area contributed by atoms with Gasteiger partial charge in [0.15, 0.2) is 0 Å². The van der Waals surface area contributed by atoms with Crippen LogP contribution in [-0.2, 0) is 14.3 Å². The average Bonchev–Trinajstić information content (AvgIpc) is 3.47. The summed E-state index contributed by atoms with van der Waals surface area (Å²) in [6, 6.07) is -0.627. The lowest BCUT2D eigenvalue weighted by Gasteiger charge is -2.20. The third-order valence-electron chi connectivity index (χ3n) is 17.5. The van der Waals surface area contributed by atoms with E-state index in [1.54, 1.807) is 6.08 Å². The van der Waals surface area contributed by atoms with Gasteiger partial charge in [0.2, 0.25) is 5.91 Å². The highest BCUT2D eigenvalue weighted by atomic mass is 16.5. The van der Waals surface area contributed by atoms with E-state index in [4.69, 9.17) is 4.74 Å². The molecule has 0 aliphatic carbocycles. The van der Waals surface area contributed by atoms with Crippen LogP contribution in [0.25, 0.3) is 0 Å². The molecule has 0 aromatic heterocycles. The Kier molecular flexibility index (Phi) is 69.4. The second kappa shape index (κ2) is 70.8. The highest BCUT2D eigenvalue weighted by Crippen LogP contribution is 2.19. The molecule has 0 spiro atoms. The van der Waals surface area contributed by atoms with Gasteiger partial charge in [0.25, 0.3) is 0 Å². The van der Waals surface area contributed by atoms with E-state index >= 15 is 0 Å². The molecule has 0 aromatic rings. The minimum absolute atomic E-state index is 0.0178. The fourth-order valence-electron chi connectivity index (χ4n) is 11.8. The van der Waals surface area contributed by atoms with Crippen LogP contribution in [-0.4, -0.2) is 47.4 Å². The summed E-state index contributed by atoms with van der Waals surface area (Å²) in [4.78, 5) is 24.5. The van der Waals surface area contributed by atoms with E-state index in [9.17, 15) is 19.8 Å². The van der Waals surface area contributed by atoms with E-state index < -0.39 is 12.1 Å². The molecule has 1 amide bonds. The number of esters is 1.